The average molecular weight is 233 g/mol. The number of hydrogen-bond donors (Lipinski definition) is 1. The van der Waals surface area contributed by atoms with Crippen LogP contribution in [-0.2, 0) is 11.0 Å². The van der Waals surface area contributed by atoms with E-state index in [-0.39, 0.29) is 4.75 Å². The van der Waals surface area contributed by atoms with Crippen LogP contribution in [0.25, 0.3) is 0 Å². The summed E-state index contributed by atoms with van der Waals surface area (Å²) in [6, 6.07) is 0.380. The Balaban J connectivity index is 4.23. The van der Waals surface area contributed by atoms with E-state index in [9.17, 15) is 4.21 Å². The van der Waals surface area contributed by atoms with E-state index in [0.717, 1.165) is 6.42 Å². The lowest BCUT2D eigenvalue weighted by Gasteiger charge is -2.26. The molecule has 92 valence electrons. The third-order valence-electron chi connectivity index (χ3n) is 2.49. The molecule has 0 amide bonds. The van der Waals surface area contributed by atoms with Gasteiger partial charge in [-0.25, -0.2) is 8.93 Å². The highest BCUT2D eigenvalue weighted by molar-refractivity contribution is 7.84. The number of unbranched alkanes of at least 4 members (excludes halogenated alkanes) is 1. The molecule has 1 unspecified atom stereocenters. The maximum absolute atomic E-state index is 11.9. The molecule has 15 heavy (non-hydrogen) atoms. The van der Waals surface area contributed by atoms with Gasteiger partial charge in [-0.1, -0.05) is 33.6 Å². The molecule has 0 aliphatic rings. The molecule has 0 rings (SSSR count). The molecule has 0 spiro atoms. The van der Waals surface area contributed by atoms with Crippen LogP contribution in [0, 0.1) is 5.92 Å². The van der Waals surface area contributed by atoms with Gasteiger partial charge in [-0.3, -0.25) is 0 Å². The number of rotatable bonds is 6. The summed E-state index contributed by atoms with van der Waals surface area (Å²) in [6.07, 6.45) is 3.53. The van der Waals surface area contributed by atoms with Gasteiger partial charge in [0.2, 0.25) is 0 Å². The summed E-state index contributed by atoms with van der Waals surface area (Å²) in [6.45, 7) is 12.6. The quantitative estimate of drug-likeness (QED) is 0.749. The molecular formula is C12H27NOS. The van der Waals surface area contributed by atoms with Gasteiger partial charge < -0.3 is 0 Å². The second kappa shape index (κ2) is 6.64. The van der Waals surface area contributed by atoms with Gasteiger partial charge in [0, 0.05) is 6.04 Å². The predicted molar refractivity (Wildman–Crippen MR) is 69.2 cm³/mol. The van der Waals surface area contributed by atoms with Gasteiger partial charge in [0.25, 0.3) is 0 Å². The zero-order valence-electron chi connectivity index (χ0n) is 11.1. The molecule has 0 aromatic carbocycles. The molecule has 0 aromatic heterocycles. The third kappa shape index (κ3) is 6.31. The molecule has 0 aromatic rings. The summed E-state index contributed by atoms with van der Waals surface area (Å²) < 4.78 is 15.0. The van der Waals surface area contributed by atoms with Crippen LogP contribution in [0.4, 0.5) is 0 Å². The number of hydrogen-bond acceptors (Lipinski definition) is 1. The molecule has 0 saturated carbocycles. The third-order valence-corrected chi connectivity index (χ3v) is 4.12. The van der Waals surface area contributed by atoms with E-state index in [2.05, 4.69) is 25.5 Å². The summed E-state index contributed by atoms with van der Waals surface area (Å²) in [7, 11) is -0.941. The molecule has 2 atom stereocenters. The van der Waals surface area contributed by atoms with Crippen LogP contribution in [0.15, 0.2) is 0 Å². The predicted octanol–water partition coefficient (Wildman–Crippen LogP) is 3.25. The largest absolute Gasteiger partial charge is 0.242 e. The maximum atomic E-state index is 11.9. The smallest absolute Gasteiger partial charge is 0.0972 e. The van der Waals surface area contributed by atoms with Gasteiger partial charge >= 0.3 is 0 Å². The lowest BCUT2D eigenvalue weighted by atomic mass is 10.00. The standard InChI is InChI=1S/C12H27NOS/c1-7-8-9-11(10(2)3)13-15(14)12(4,5)6/h10-11,13H,7-9H2,1-6H3/t11-,15?/m1/s1. The fraction of sp³-hybridized carbons (Fsp3) is 1.00. The molecule has 2 nitrogen and oxygen atoms in total. The van der Waals surface area contributed by atoms with E-state index in [4.69, 9.17) is 0 Å². The summed E-state index contributed by atoms with van der Waals surface area (Å²) in [5.74, 6) is 0.544. The molecule has 0 aliphatic carbocycles. The minimum absolute atomic E-state index is 0.167. The first-order chi connectivity index (χ1) is 6.79. The molecule has 0 fully saturated rings. The van der Waals surface area contributed by atoms with Crippen LogP contribution in [-0.4, -0.2) is 15.0 Å². The Hall–Kier alpha value is 0.110. The minimum atomic E-state index is -0.941. The zero-order valence-corrected chi connectivity index (χ0v) is 11.9. The molecule has 0 bridgehead atoms. The van der Waals surface area contributed by atoms with E-state index in [0.29, 0.717) is 12.0 Å². The van der Waals surface area contributed by atoms with Crippen molar-refractivity contribution >= 4 is 11.0 Å². The van der Waals surface area contributed by atoms with Crippen molar-refractivity contribution in [1.29, 1.82) is 0 Å². The van der Waals surface area contributed by atoms with Crippen LogP contribution in [0.3, 0.4) is 0 Å². The van der Waals surface area contributed by atoms with Crippen LogP contribution < -0.4 is 4.72 Å². The van der Waals surface area contributed by atoms with E-state index in [1.54, 1.807) is 0 Å². The van der Waals surface area contributed by atoms with E-state index in [1.807, 2.05) is 20.8 Å². The van der Waals surface area contributed by atoms with Crippen LogP contribution in [0.1, 0.15) is 60.8 Å². The second-order valence-electron chi connectivity index (χ2n) is 5.49. The van der Waals surface area contributed by atoms with Crippen molar-refractivity contribution in [1.82, 2.24) is 4.72 Å². The Kier molecular flexibility index (Phi) is 6.69. The molecule has 0 aliphatic heterocycles. The SMILES string of the molecule is CCCC[C@@H](NS(=O)C(C)(C)C)C(C)C. The van der Waals surface area contributed by atoms with Crippen molar-refractivity contribution in [2.75, 3.05) is 0 Å². The van der Waals surface area contributed by atoms with E-state index >= 15 is 0 Å². The van der Waals surface area contributed by atoms with Gasteiger partial charge in [-0.2, -0.15) is 0 Å². The van der Waals surface area contributed by atoms with Gasteiger partial charge in [0.05, 0.1) is 15.7 Å². The topological polar surface area (TPSA) is 29.1 Å². The highest BCUT2D eigenvalue weighted by Crippen LogP contribution is 2.15. The van der Waals surface area contributed by atoms with Gasteiger partial charge in [-0.15, -0.1) is 0 Å². The molecule has 3 heteroatoms. The zero-order chi connectivity index (χ0) is 12.1. The monoisotopic (exact) mass is 233 g/mol. The van der Waals surface area contributed by atoms with E-state index < -0.39 is 11.0 Å². The van der Waals surface area contributed by atoms with Crippen molar-refractivity contribution in [2.45, 2.75) is 71.6 Å². The highest BCUT2D eigenvalue weighted by atomic mass is 32.2. The molecule has 0 heterocycles. The van der Waals surface area contributed by atoms with Crippen molar-refractivity contribution in [2.24, 2.45) is 5.92 Å². The molecule has 0 saturated heterocycles. The lowest BCUT2D eigenvalue weighted by molar-refractivity contribution is 0.418. The van der Waals surface area contributed by atoms with Gasteiger partial charge in [0.1, 0.15) is 0 Å². The van der Waals surface area contributed by atoms with Crippen molar-refractivity contribution in [3.63, 3.8) is 0 Å². The van der Waals surface area contributed by atoms with Gasteiger partial charge in [0.15, 0.2) is 0 Å². The summed E-state index contributed by atoms with van der Waals surface area (Å²) >= 11 is 0. The normalized spacial score (nSPS) is 16.7. The second-order valence-corrected chi connectivity index (χ2v) is 7.49. The Morgan fingerprint density at radius 2 is 1.80 bits per heavy atom. The molecule has 0 radical (unpaired) electrons. The van der Waals surface area contributed by atoms with Crippen molar-refractivity contribution < 1.29 is 4.21 Å². The summed E-state index contributed by atoms with van der Waals surface area (Å²) in [4.78, 5) is 0. The molecular weight excluding hydrogens is 206 g/mol. The van der Waals surface area contributed by atoms with Crippen LogP contribution in [0.5, 0.6) is 0 Å². The summed E-state index contributed by atoms with van der Waals surface area (Å²) in [5.41, 5.74) is 0. The fourth-order valence-corrected chi connectivity index (χ4v) is 2.29. The Morgan fingerprint density at radius 3 is 2.13 bits per heavy atom. The number of nitrogens with one attached hydrogen (secondary N) is 1. The maximum Gasteiger partial charge on any atom is 0.0972 e. The Morgan fingerprint density at radius 1 is 1.27 bits per heavy atom. The molecule has 1 N–H and O–H groups in total. The first kappa shape index (κ1) is 15.1. The van der Waals surface area contributed by atoms with Crippen molar-refractivity contribution in [3.8, 4) is 0 Å². The van der Waals surface area contributed by atoms with Crippen LogP contribution >= 0.6 is 0 Å². The minimum Gasteiger partial charge on any atom is -0.242 e. The van der Waals surface area contributed by atoms with Crippen LogP contribution in [0.2, 0.25) is 0 Å². The fourth-order valence-electron chi connectivity index (χ4n) is 1.27. The average Bonchev–Trinajstić information content (AvgIpc) is 2.09. The Bertz CT molecular complexity index is 196. The lowest BCUT2D eigenvalue weighted by Crippen LogP contribution is -2.42. The first-order valence-electron chi connectivity index (χ1n) is 5.97. The van der Waals surface area contributed by atoms with E-state index in [1.165, 1.54) is 12.8 Å². The van der Waals surface area contributed by atoms with Gasteiger partial charge in [-0.05, 0) is 33.1 Å². The summed E-state index contributed by atoms with van der Waals surface area (Å²) in [5, 5.41) is 0. The first-order valence-corrected chi connectivity index (χ1v) is 7.12. The Labute approximate surface area is 97.8 Å². The van der Waals surface area contributed by atoms with Crippen molar-refractivity contribution in [3.05, 3.63) is 0 Å². The highest BCUT2D eigenvalue weighted by Gasteiger charge is 2.23.